The number of hydrogen-bond acceptors (Lipinski definition) is 2. The minimum atomic E-state index is -3.39. The number of nitrogens with zero attached hydrogens (tertiary/aromatic N) is 1. The van der Waals surface area contributed by atoms with Gasteiger partial charge in [0.25, 0.3) is 0 Å². The van der Waals surface area contributed by atoms with E-state index in [1.165, 1.54) is 4.31 Å². The Balaban J connectivity index is 3.05. The predicted octanol–water partition coefficient (Wildman–Crippen LogP) is 3.15. The van der Waals surface area contributed by atoms with Gasteiger partial charge >= 0.3 is 0 Å². The largest absolute Gasteiger partial charge is 0.242 e. The highest BCUT2D eigenvalue weighted by Crippen LogP contribution is 2.20. The predicted molar refractivity (Wildman–Crippen MR) is 75.5 cm³/mol. The first-order valence-corrected chi connectivity index (χ1v) is 8.02. The average Bonchev–Trinajstić information content (AvgIpc) is 2.36. The van der Waals surface area contributed by atoms with Crippen molar-refractivity contribution in [3.8, 4) is 0 Å². The maximum Gasteiger partial charge on any atom is 0.242 e. The molecule has 0 heterocycles. The van der Waals surface area contributed by atoms with Crippen LogP contribution in [0.15, 0.2) is 23.1 Å². The zero-order valence-corrected chi connectivity index (χ0v) is 12.7. The first-order chi connectivity index (χ1) is 8.43. The Bertz CT molecular complexity index is 500. The summed E-state index contributed by atoms with van der Waals surface area (Å²) in [5.41, 5.74) is 1.88. The monoisotopic (exact) mass is 289 g/mol. The van der Waals surface area contributed by atoms with Gasteiger partial charge in [-0.25, -0.2) is 12.7 Å². The van der Waals surface area contributed by atoms with Crippen molar-refractivity contribution in [3.05, 3.63) is 29.3 Å². The van der Waals surface area contributed by atoms with E-state index in [9.17, 15) is 8.42 Å². The van der Waals surface area contributed by atoms with Crippen molar-refractivity contribution in [2.75, 3.05) is 13.6 Å². The van der Waals surface area contributed by atoms with E-state index in [1.807, 2.05) is 13.8 Å². The van der Waals surface area contributed by atoms with Crippen molar-refractivity contribution in [1.82, 2.24) is 4.31 Å². The lowest BCUT2D eigenvalue weighted by atomic mass is 10.1. The molecule has 102 valence electrons. The highest BCUT2D eigenvalue weighted by atomic mass is 35.5. The van der Waals surface area contributed by atoms with Crippen LogP contribution >= 0.6 is 11.6 Å². The van der Waals surface area contributed by atoms with Gasteiger partial charge in [0.1, 0.15) is 0 Å². The summed E-state index contributed by atoms with van der Waals surface area (Å²) in [7, 11) is -1.77. The molecule has 0 aliphatic carbocycles. The summed E-state index contributed by atoms with van der Waals surface area (Å²) in [6.45, 7) is 4.51. The molecule has 0 radical (unpaired) electrons. The molecule has 5 heteroatoms. The van der Waals surface area contributed by atoms with E-state index in [0.29, 0.717) is 17.3 Å². The smallest absolute Gasteiger partial charge is 0.207 e. The average molecular weight is 290 g/mol. The number of hydrogen-bond donors (Lipinski definition) is 0. The van der Waals surface area contributed by atoms with Crippen molar-refractivity contribution in [3.63, 3.8) is 0 Å². The summed E-state index contributed by atoms with van der Waals surface area (Å²) >= 11 is 5.81. The van der Waals surface area contributed by atoms with Gasteiger partial charge in [0, 0.05) is 19.5 Å². The summed E-state index contributed by atoms with van der Waals surface area (Å²) in [6.07, 6.45) is 1.84. The molecule has 0 unspecified atom stereocenters. The quantitative estimate of drug-likeness (QED) is 0.755. The topological polar surface area (TPSA) is 37.4 Å². The van der Waals surface area contributed by atoms with Crippen molar-refractivity contribution >= 4 is 21.6 Å². The molecule has 0 fully saturated rings. The number of aryl methyl sites for hydroxylation is 1. The highest BCUT2D eigenvalue weighted by molar-refractivity contribution is 7.89. The molecule has 0 aliphatic rings. The molecule has 0 saturated heterocycles. The van der Waals surface area contributed by atoms with Crippen LogP contribution in [0.3, 0.4) is 0 Å². The third kappa shape index (κ3) is 3.46. The van der Waals surface area contributed by atoms with Crippen LogP contribution in [-0.4, -0.2) is 26.3 Å². The fourth-order valence-electron chi connectivity index (χ4n) is 1.63. The van der Waals surface area contributed by atoms with Gasteiger partial charge in [-0.05, 0) is 36.6 Å². The summed E-state index contributed by atoms with van der Waals surface area (Å²) < 4.78 is 26.0. The lowest BCUT2D eigenvalue weighted by molar-refractivity contribution is 0.459. The van der Waals surface area contributed by atoms with Crippen LogP contribution in [0.4, 0.5) is 0 Å². The van der Waals surface area contributed by atoms with Crippen molar-refractivity contribution in [2.45, 2.75) is 37.5 Å². The van der Waals surface area contributed by atoms with Gasteiger partial charge in [0.05, 0.1) is 4.90 Å². The van der Waals surface area contributed by atoms with E-state index in [2.05, 4.69) is 0 Å². The first-order valence-electron chi connectivity index (χ1n) is 6.05. The van der Waals surface area contributed by atoms with Gasteiger partial charge < -0.3 is 0 Å². The molecule has 0 N–H and O–H groups in total. The van der Waals surface area contributed by atoms with E-state index in [0.717, 1.165) is 24.0 Å². The Morgan fingerprint density at radius 2 is 2.00 bits per heavy atom. The minimum absolute atomic E-state index is 0.322. The van der Waals surface area contributed by atoms with Crippen molar-refractivity contribution in [1.29, 1.82) is 0 Å². The second-order valence-corrected chi connectivity index (χ2v) is 6.71. The molecule has 0 bridgehead atoms. The summed E-state index contributed by atoms with van der Waals surface area (Å²) in [5, 5.41) is 0. The molecule has 0 spiro atoms. The molecule has 0 saturated carbocycles. The van der Waals surface area contributed by atoms with E-state index in [1.54, 1.807) is 25.2 Å². The van der Waals surface area contributed by atoms with Crippen LogP contribution in [0.1, 0.15) is 30.9 Å². The van der Waals surface area contributed by atoms with Crippen LogP contribution in [-0.2, 0) is 15.9 Å². The lowest BCUT2D eigenvalue weighted by Gasteiger charge is -2.17. The molecular weight excluding hydrogens is 270 g/mol. The summed E-state index contributed by atoms with van der Waals surface area (Å²) in [4.78, 5) is 0.322. The molecule has 0 aromatic heterocycles. The molecule has 1 aromatic carbocycles. The van der Waals surface area contributed by atoms with Gasteiger partial charge in [0.2, 0.25) is 10.0 Å². The fourth-order valence-corrected chi connectivity index (χ4v) is 3.18. The van der Waals surface area contributed by atoms with Gasteiger partial charge in [-0.2, -0.15) is 0 Å². The zero-order chi connectivity index (χ0) is 13.8. The third-order valence-corrected chi connectivity index (χ3v) is 5.14. The summed E-state index contributed by atoms with van der Waals surface area (Å²) in [5.74, 6) is 0.327. The SMILES string of the molecule is CCCCN(C)S(=O)(=O)c1ccc(C)c(CCl)c1. The summed E-state index contributed by atoms with van der Waals surface area (Å²) in [6, 6.07) is 5.11. The van der Waals surface area contributed by atoms with Crippen LogP contribution in [0.2, 0.25) is 0 Å². The Morgan fingerprint density at radius 3 is 2.56 bits per heavy atom. The number of alkyl halides is 1. The molecule has 0 atom stereocenters. The molecule has 0 aliphatic heterocycles. The van der Waals surface area contributed by atoms with E-state index < -0.39 is 10.0 Å². The van der Waals surface area contributed by atoms with E-state index in [-0.39, 0.29) is 0 Å². The Kier molecular flexibility index (Phi) is 5.63. The van der Waals surface area contributed by atoms with Gasteiger partial charge in [-0.1, -0.05) is 19.4 Å². The lowest BCUT2D eigenvalue weighted by Crippen LogP contribution is -2.28. The highest BCUT2D eigenvalue weighted by Gasteiger charge is 2.20. The van der Waals surface area contributed by atoms with E-state index >= 15 is 0 Å². The molecule has 1 aromatic rings. The number of rotatable bonds is 6. The Labute approximate surface area is 115 Å². The van der Waals surface area contributed by atoms with Gasteiger partial charge in [-0.3, -0.25) is 0 Å². The van der Waals surface area contributed by atoms with Crippen LogP contribution < -0.4 is 0 Å². The van der Waals surface area contributed by atoms with Crippen molar-refractivity contribution in [2.24, 2.45) is 0 Å². The number of unbranched alkanes of at least 4 members (excludes halogenated alkanes) is 1. The number of benzene rings is 1. The standard InChI is InChI=1S/C13H20ClNO2S/c1-4-5-8-15(3)18(16,17)13-7-6-11(2)12(9-13)10-14/h6-7,9H,4-5,8,10H2,1-3H3. The Hall–Kier alpha value is -0.580. The fraction of sp³-hybridized carbons (Fsp3) is 0.538. The second-order valence-electron chi connectivity index (χ2n) is 4.40. The van der Waals surface area contributed by atoms with Crippen LogP contribution in [0, 0.1) is 6.92 Å². The van der Waals surface area contributed by atoms with Crippen LogP contribution in [0.5, 0.6) is 0 Å². The molecular formula is C13H20ClNO2S. The first kappa shape index (κ1) is 15.5. The maximum atomic E-state index is 12.3. The van der Waals surface area contributed by atoms with Gasteiger partial charge in [0.15, 0.2) is 0 Å². The van der Waals surface area contributed by atoms with E-state index in [4.69, 9.17) is 11.6 Å². The normalized spacial score (nSPS) is 12.1. The zero-order valence-electron chi connectivity index (χ0n) is 11.1. The van der Waals surface area contributed by atoms with Gasteiger partial charge in [-0.15, -0.1) is 11.6 Å². The molecule has 3 nitrogen and oxygen atoms in total. The molecule has 1 rings (SSSR count). The van der Waals surface area contributed by atoms with Crippen LogP contribution in [0.25, 0.3) is 0 Å². The number of sulfonamides is 1. The molecule has 18 heavy (non-hydrogen) atoms. The minimum Gasteiger partial charge on any atom is -0.207 e. The third-order valence-electron chi connectivity index (χ3n) is 3.00. The second kappa shape index (κ2) is 6.55. The maximum absolute atomic E-state index is 12.3. The Morgan fingerprint density at radius 1 is 1.33 bits per heavy atom. The number of halogens is 1. The van der Waals surface area contributed by atoms with Crippen molar-refractivity contribution < 1.29 is 8.42 Å². The molecule has 0 amide bonds.